The molecule has 6 nitrogen and oxygen atoms in total. The number of nitrogens with zero attached hydrogens (tertiary/aromatic N) is 4. The third kappa shape index (κ3) is 6.12. The number of aliphatic hydroxyl groups excluding tert-OH is 1. The van der Waals surface area contributed by atoms with Crippen LogP contribution in [0.3, 0.4) is 0 Å². The van der Waals surface area contributed by atoms with Crippen molar-refractivity contribution in [3.8, 4) is 0 Å². The molecule has 1 unspecified atom stereocenters. The highest BCUT2D eigenvalue weighted by molar-refractivity contribution is 5.39. The van der Waals surface area contributed by atoms with Crippen LogP contribution in [-0.4, -0.2) is 84.0 Å². The summed E-state index contributed by atoms with van der Waals surface area (Å²) in [6.45, 7) is 6.66. The van der Waals surface area contributed by atoms with Crippen molar-refractivity contribution in [2.75, 3.05) is 50.7 Å². The zero-order chi connectivity index (χ0) is 22.7. The molecule has 180 valence electrons. The van der Waals surface area contributed by atoms with Gasteiger partial charge in [-0.1, -0.05) is 6.07 Å². The van der Waals surface area contributed by atoms with Crippen molar-refractivity contribution in [2.45, 2.75) is 63.5 Å². The first-order valence-electron chi connectivity index (χ1n) is 12.0. The molecule has 0 bridgehead atoms. The number of alkyl halides is 3. The van der Waals surface area contributed by atoms with Crippen molar-refractivity contribution < 1.29 is 18.3 Å². The summed E-state index contributed by atoms with van der Waals surface area (Å²) in [5.41, 5.74) is 0.649. The Bertz CT molecular complexity index is 737. The van der Waals surface area contributed by atoms with Crippen molar-refractivity contribution in [3.05, 3.63) is 23.9 Å². The summed E-state index contributed by atoms with van der Waals surface area (Å²) in [7, 11) is 0. The Kier molecular flexibility index (Phi) is 7.59. The minimum atomic E-state index is -4.15. The number of aromatic nitrogens is 1. The van der Waals surface area contributed by atoms with Crippen LogP contribution in [0.25, 0.3) is 0 Å². The number of halogens is 3. The molecular formula is C23H36F3N5O. The van der Waals surface area contributed by atoms with E-state index in [1.54, 1.807) is 4.90 Å². The topological polar surface area (TPSA) is 54.9 Å². The molecule has 2 N–H and O–H groups in total. The van der Waals surface area contributed by atoms with Gasteiger partial charge < -0.3 is 10.0 Å². The third-order valence-electron chi connectivity index (χ3n) is 7.22. The van der Waals surface area contributed by atoms with Crippen LogP contribution in [0.5, 0.6) is 0 Å². The lowest BCUT2D eigenvalue weighted by molar-refractivity contribution is -0.182. The third-order valence-corrected chi connectivity index (χ3v) is 7.22. The zero-order valence-electron chi connectivity index (χ0n) is 18.9. The zero-order valence-corrected chi connectivity index (χ0v) is 18.9. The summed E-state index contributed by atoms with van der Waals surface area (Å²) in [5.74, 6) is 1.57. The highest BCUT2D eigenvalue weighted by Gasteiger charge is 2.41. The van der Waals surface area contributed by atoms with Crippen LogP contribution in [-0.2, 0) is 0 Å². The monoisotopic (exact) mass is 455 g/mol. The number of pyridine rings is 1. The number of aliphatic hydroxyl groups is 1. The molecule has 3 fully saturated rings. The van der Waals surface area contributed by atoms with Crippen LogP contribution in [0.15, 0.2) is 18.2 Å². The number of anilines is 1. The molecule has 1 aromatic heterocycles. The van der Waals surface area contributed by atoms with E-state index in [1.807, 2.05) is 18.2 Å². The van der Waals surface area contributed by atoms with Gasteiger partial charge in [0.15, 0.2) is 0 Å². The van der Waals surface area contributed by atoms with Crippen molar-refractivity contribution in [2.24, 2.45) is 5.92 Å². The molecule has 3 heterocycles. The Hall–Kier alpha value is -1.42. The summed E-state index contributed by atoms with van der Waals surface area (Å²) >= 11 is 0. The Morgan fingerprint density at radius 2 is 1.81 bits per heavy atom. The van der Waals surface area contributed by atoms with Crippen LogP contribution in [0.2, 0.25) is 0 Å². The van der Waals surface area contributed by atoms with Crippen LogP contribution < -0.4 is 10.2 Å². The molecule has 4 rings (SSSR count). The van der Waals surface area contributed by atoms with Crippen molar-refractivity contribution in [1.82, 2.24) is 20.1 Å². The number of hydrogen-bond acceptors (Lipinski definition) is 6. The number of hydrogen-bond donors (Lipinski definition) is 2. The molecule has 1 aromatic rings. The van der Waals surface area contributed by atoms with Gasteiger partial charge in [-0.05, 0) is 57.1 Å². The molecule has 0 spiro atoms. The lowest BCUT2D eigenvalue weighted by Crippen LogP contribution is -2.51. The predicted octanol–water partition coefficient (Wildman–Crippen LogP) is 3.00. The molecule has 2 aliphatic heterocycles. The van der Waals surface area contributed by atoms with E-state index in [0.717, 1.165) is 57.8 Å². The van der Waals surface area contributed by atoms with Gasteiger partial charge in [0.05, 0.1) is 5.69 Å². The van der Waals surface area contributed by atoms with Gasteiger partial charge in [0, 0.05) is 51.9 Å². The van der Waals surface area contributed by atoms with E-state index in [-0.39, 0.29) is 0 Å². The second-order valence-corrected chi connectivity index (χ2v) is 9.54. The summed E-state index contributed by atoms with van der Waals surface area (Å²) in [4.78, 5) is 11.0. The first-order chi connectivity index (χ1) is 15.3. The molecule has 0 aromatic carbocycles. The quantitative estimate of drug-likeness (QED) is 0.617. The lowest BCUT2D eigenvalue weighted by Gasteiger charge is -2.40. The highest BCUT2D eigenvalue weighted by Crippen LogP contribution is 2.29. The number of likely N-dealkylation sites (tertiary alicyclic amines) is 1. The number of nitrogens with one attached hydrogen (secondary N) is 1. The molecule has 0 amide bonds. The standard InChI is InChI=1S/C23H36F3N5O/c1-17(23(24,25)26)29-12-8-19(9-13-29)30-10-3-11-31(15-14-30)21-5-2-4-20(28-21)22(32)27-16-18-6-7-18/h2,4-5,17-19,22,27,32H,3,6-16H2,1H3/t17-,22?/m0/s1. The molecule has 3 aliphatic rings. The maximum absolute atomic E-state index is 13.0. The molecule has 32 heavy (non-hydrogen) atoms. The smallest absolute Gasteiger partial charge is 0.373 e. The molecular weight excluding hydrogens is 419 g/mol. The average molecular weight is 456 g/mol. The predicted molar refractivity (Wildman–Crippen MR) is 118 cm³/mol. The fourth-order valence-corrected chi connectivity index (χ4v) is 4.85. The second kappa shape index (κ2) is 10.2. The fraction of sp³-hybridized carbons (Fsp3) is 0.783. The van der Waals surface area contributed by atoms with Gasteiger partial charge in [-0.15, -0.1) is 0 Å². The Labute approximate surface area is 188 Å². The maximum atomic E-state index is 13.0. The fourth-order valence-electron chi connectivity index (χ4n) is 4.85. The molecule has 1 saturated carbocycles. The molecule has 9 heteroatoms. The minimum Gasteiger partial charge on any atom is -0.373 e. The lowest BCUT2D eigenvalue weighted by atomic mass is 10.0. The van der Waals surface area contributed by atoms with E-state index >= 15 is 0 Å². The Morgan fingerprint density at radius 1 is 1.06 bits per heavy atom. The summed E-state index contributed by atoms with van der Waals surface area (Å²) in [5, 5.41) is 13.6. The van der Waals surface area contributed by atoms with Gasteiger partial charge in [-0.2, -0.15) is 13.2 Å². The van der Waals surface area contributed by atoms with Gasteiger partial charge in [-0.3, -0.25) is 15.1 Å². The Morgan fingerprint density at radius 3 is 2.50 bits per heavy atom. The van der Waals surface area contributed by atoms with E-state index in [4.69, 9.17) is 4.98 Å². The van der Waals surface area contributed by atoms with E-state index in [9.17, 15) is 18.3 Å². The van der Waals surface area contributed by atoms with Crippen molar-refractivity contribution in [1.29, 1.82) is 0 Å². The Balaban J connectivity index is 1.28. The molecule has 0 radical (unpaired) electrons. The van der Waals surface area contributed by atoms with E-state index < -0.39 is 18.4 Å². The second-order valence-electron chi connectivity index (χ2n) is 9.54. The largest absolute Gasteiger partial charge is 0.403 e. The summed E-state index contributed by atoms with van der Waals surface area (Å²) < 4.78 is 39.1. The van der Waals surface area contributed by atoms with Gasteiger partial charge in [-0.25, -0.2) is 4.98 Å². The highest BCUT2D eigenvalue weighted by atomic mass is 19.4. The number of piperidine rings is 1. The van der Waals surface area contributed by atoms with Gasteiger partial charge >= 0.3 is 6.18 Å². The van der Waals surface area contributed by atoms with E-state index in [1.165, 1.54) is 19.8 Å². The normalized spacial score (nSPS) is 24.3. The summed E-state index contributed by atoms with van der Waals surface area (Å²) in [6, 6.07) is 4.77. The van der Waals surface area contributed by atoms with Gasteiger partial charge in [0.2, 0.25) is 0 Å². The first-order valence-corrected chi connectivity index (χ1v) is 12.0. The van der Waals surface area contributed by atoms with Crippen molar-refractivity contribution >= 4 is 5.82 Å². The van der Waals surface area contributed by atoms with Crippen LogP contribution >= 0.6 is 0 Å². The van der Waals surface area contributed by atoms with E-state index in [0.29, 0.717) is 30.7 Å². The average Bonchev–Trinajstić information content (AvgIpc) is 3.63. The van der Waals surface area contributed by atoms with E-state index in [2.05, 4.69) is 15.1 Å². The first kappa shape index (κ1) is 23.7. The maximum Gasteiger partial charge on any atom is 0.403 e. The summed E-state index contributed by atoms with van der Waals surface area (Å²) in [6.07, 6.45) is 0.130. The van der Waals surface area contributed by atoms with Crippen LogP contribution in [0.1, 0.15) is 50.9 Å². The van der Waals surface area contributed by atoms with Crippen LogP contribution in [0.4, 0.5) is 19.0 Å². The van der Waals surface area contributed by atoms with Gasteiger partial charge in [0.1, 0.15) is 18.1 Å². The number of rotatable bonds is 7. The SMILES string of the molecule is C[C@H](N1CCC(N2CCCN(c3cccc(C(O)NCC4CC4)n3)CC2)CC1)C(F)(F)F. The molecule has 2 saturated heterocycles. The van der Waals surface area contributed by atoms with Crippen LogP contribution in [0, 0.1) is 5.92 Å². The minimum absolute atomic E-state index is 0.347. The molecule has 1 aliphatic carbocycles. The van der Waals surface area contributed by atoms with Crippen molar-refractivity contribution in [3.63, 3.8) is 0 Å². The molecule has 2 atom stereocenters. The van der Waals surface area contributed by atoms with Gasteiger partial charge in [0.25, 0.3) is 0 Å².